The lowest BCUT2D eigenvalue weighted by Gasteiger charge is -2.19. The molecule has 4 heteroatoms. The Kier molecular flexibility index (Phi) is 6.36. The summed E-state index contributed by atoms with van der Waals surface area (Å²) in [5.74, 6) is 0.569. The number of aryl methyl sites for hydroxylation is 1. The highest BCUT2D eigenvalue weighted by Gasteiger charge is 2.19. The second-order valence-corrected chi connectivity index (χ2v) is 4.85. The van der Waals surface area contributed by atoms with Crippen LogP contribution in [0.25, 0.3) is 0 Å². The lowest BCUT2D eigenvalue weighted by Crippen LogP contribution is -2.42. The molecule has 0 amide bonds. The fourth-order valence-electron chi connectivity index (χ4n) is 1.74. The Morgan fingerprint density at radius 2 is 1.89 bits per heavy atom. The topological polar surface area (TPSA) is 47.6 Å². The zero-order chi connectivity index (χ0) is 14.3. The first-order valence-electron chi connectivity index (χ1n) is 6.56. The van der Waals surface area contributed by atoms with E-state index in [-0.39, 0.29) is 18.1 Å². The minimum Gasteiger partial charge on any atom is -0.494 e. The monoisotopic (exact) mass is 265 g/mol. The van der Waals surface area contributed by atoms with Crippen LogP contribution in [0.5, 0.6) is 5.75 Å². The van der Waals surface area contributed by atoms with E-state index >= 15 is 0 Å². The number of nitrogens with one attached hydrogen (secondary N) is 1. The molecule has 1 unspecified atom stereocenters. The smallest absolute Gasteiger partial charge is 0.322 e. The number of carbonyl (C=O) groups is 1. The van der Waals surface area contributed by atoms with Crippen LogP contribution in [0.3, 0.4) is 0 Å². The van der Waals surface area contributed by atoms with Gasteiger partial charge in [-0.05, 0) is 19.1 Å². The summed E-state index contributed by atoms with van der Waals surface area (Å²) in [4.78, 5) is 11.6. The standard InChI is InChI=1S/C15H23NO3/c1-11(2)16-14(15(17)18-4)9-10-19-13-7-5-12(3)6-8-13/h5-8,11,14,16H,9-10H2,1-4H3. The first-order valence-corrected chi connectivity index (χ1v) is 6.56. The number of methoxy groups -OCH3 is 1. The second-order valence-electron chi connectivity index (χ2n) is 4.85. The van der Waals surface area contributed by atoms with Gasteiger partial charge in [0.1, 0.15) is 11.8 Å². The third-order valence-electron chi connectivity index (χ3n) is 2.72. The van der Waals surface area contributed by atoms with E-state index in [0.717, 1.165) is 5.75 Å². The molecule has 4 nitrogen and oxygen atoms in total. The van der Waals surface area contributed by atoms with E-state index in [9.17, 15) is 4.79 Å². The van der Waals surface area contributed by atoms with Crippen molar-refractivity contribution in [3.63, 3.8) is 0 Å². The summed E-state index contributed by atoms with van der Waals surface area (Å²) in [6, 6.07) is 7.76. The van der Waals surface area contributed by atoms with E-state index in [1.807, 2.05) is 45.0 Å². The van der Waals surface area contributed by atoms with Gasteiger partial charge in [-0.3, -0.25) is 4.79 Å². The first kappa shape index (κ1) is 15.5. The molecule has 1 rings (SSSR count). The SMILES string of the molecule is COC(=O)C(CCOc1ccc(C)cc1)NC(C)C. The summed E-state index contributed by atoms with van der Waals surface area (Å²) >= 11 is 0. The molecule has 19 heavy (non-hydrogen) atoms. The highest BCUT2D eigenvalue weighted by Crippen LogP contribution is 2.12. The van der Waals surface area contributed by atoms with Gasteiger partial charge in [0.2, 0.25) is 0 Å². The van der Waals surface area contributed by atoms with Crippen molar-refractivity contribution in [2.24, 2.45) is 0 Å². The zero-order valence-electron chi connectivity index (χ0n) is 12.1. The highest BCUT2D eigenvalue weighted by atomic mass is 16.5. The van der Waals surface area contributed by atoms with Crippen LogP contribution in [0.4, 0.5) is 0 Å². The van der Waals surface area contributed by atoms with E-state index in [1.165, 1.54) is 12.7 Å². The van der Waals surface area contributed by atoms with Crippen molar-refractivity contribution in [1.82, 2.24) is 5.32 Å². The van der Waals surface area contributed by atoms with Gasteiger partial charge in [0.05, 0.1) is 13.7 Å². The molecule has 0 aliphatic heterocycles. The number of hydrogen-bond donors (Lipinski definition) is 1. The van der Waals surface area contributed by atoms with Crippen molar-refractivity contribution in [2.45, 2.75) is 39.3 Å². The number of benzene rings is 1. The van der Waals surface area contributed by atoms with Gasteiger partial charge in [-0.15, -0.1) is 0 Å². The number of hydrogen-bond acceptors (Lipinski definition) is 4. The van der Waals surface area contributed by atoms with Crippen molar-refractivity contribution in [1.29, 1.82) is 0 Å². The minimum absolute atomic E-state index is 0.225. The summed E-state index contributed by atoms with van der Waals surface area (Å²) in [5.41, 5.74) is 1.20. The molecule has 0 aliphatic carbocycles. The van der Waals surface area contributed by atoms with Gasteiger partial charge in [-0.2, -0.15) is 0 Å². The summed E-state index contributed by atoms with van der Waals surface area (Å²) in [6.07, 6.45) is 0.582. The lowest BCUT2D eigenvalue weighted by atomic mass is 10.2. The summed E-state index contributed by atoms with van der Waals surface area (Å²) in [7, 11) is 1.40. The highest BCUT2D eigenvalue weighted by molar-refractivity contribution is 5.75. The molecule has 0 bridgehead atoms. The van der Waals surface area contributed by atoms with Crippen LogP contribution >= 0.6 is 0 Å². The van der Waals surface area contributed by atoms with Gasteiger partial charge in [0.15, 0.2) is 0 Å². The largest absolute Gasteiger partial charge is 0.494 e. The molecule has 0 heterocycles. The summed E-state index contributed by atoms with van der Waals surface area (Å²) in [6.45, 7) is 6.50. The minimum atomic E-state index is -0.324. The predicted octanol–water partition coefficient (Wildman–Crippen LogP) is 2.30. The van der Waals surface area contributed by atoms with Gasteiger partial charge in [-0.25, -0.2) is 0 Å². The Hall–Kier alpha value is -1.55. The van der Waals surface area contributed by atoms with Gasteiger partial charge < -0.3 is 14.8 Å². The number of esters is 1. The number of carbonyl (C=O) groups excluding carboxylic acids is 1. The van der Waals surface area contributed by atoms with Gasteiger partial charge in [0, 0.05) is 12.5 Å². The Labute approximate surface area is 115 Å². The molecule has 0 saturated carbocycles. The Morgan fingerprint density at radius 1 is 1.26 bits per heavy atom. The van der Waals surface area contributed by atoms with Crippen molar-refractivity contribution in [3.05, 3.63) is 29.8 Å². The van der Waals surface area contributed by atoms with Crippen LogP contribution in [-0.2, 0) is 9.53 Å². The van der Waals surface area contributed by atoms with Gasteiger partial charge in [0.25, 0.3) is 0 Å². The molecule has 0 radical (unpaired) electrons. The van der Waals surface area contributed by atoms with Crippen molar-refractivity contribution < 1.29 is 14.3 Å². The maximum absolute atomic E-state index is 11.6. The Morgan fingerprint density at radius 3 is 2.42 bits per heavy atom. The van der Waals surface area contributed by atoms with E-state index in [1.54, 1.807) is 0 Å². The molecule has 0 aromatic heterocycles. The average Bonchev–Trinajstić information content (AvgIpc) is 2.38. The van der Waals surface area contributed by atoms with Crippen LogP contribution < -0.4 is 10.1 Å². The predicted molar refractivity (Wildman–Crippen MR) is 75.4 cm³/mol. The Bertz CT molecular complexity index is 387. The maximum Gasteiger partial charge on any atom is 0.322 e. The number of rotatable bonds is 7. The first-order chi connectivity index (χ1) is 9.02. The van der Waals surface area contributed by atoms with Gasteiger partial charge >= 0.3 is 5.97 Å². The molecular formula is C15H23NO3. The maximum atomic E-state index is 11.6. The second kappa shape index (κ2) is 7.79. The zero-order valence-corrected chi connectivity index (χ0v) is 12.1. The van der Waals surface area contributed by atoms with Crippen LogP contribution in [-0.4, -0.2) is 31.8 Å². The molecular weight excluding hydrogens is 242 g/mol. The van der Waals surface area contributed by atoms with Crippen molar-refractivity contribution >= 4 is 5.97 Å². The van der Waals surface area contributed by atoms with E-state index in [0.29, 0.717) is 13.0 Å². The molecule has 0 fully saturated rings. The molecule has 1 N–H and O–H groups in total. The normalized spacial score (nSPS) is 12.3. The van der Waals surface area contributed by atoms with Crippen LogP contribution in [0.15, 0.2) is 24.3 Å². The quantitative estimate of drug-likeness (QED) is 0.769. The lowest BCUT2D eigenvalue weighted by molar-refractivity contribution is -0.143. The molecule has 0 spiro atoms. The summed E-state index contributed by atoms with van der Waals surface area (Å²) < 4.78 is 10.4. The summed E-state index contributed by atoms with van der Waals surface area (Å²) in [5, 5.41) is 3.17. The van der Waals surface area contributed by atoms with Crippen LogP contribution in [0.2, 0.25) is 0 Å². The van der Waals surface area contributed by atoms with Gasteiger partial charge in [-0.1, -0.05) is 31.5 Å². The third-order valence-corrected chi connectivity index (χ3v) is 2.72. The fourth-order valence-corrected chi connectivity index (χ4v) is 1.74. The third kappa shape index (κ3) is 5.75. The molecule has 0 saturated heterocycles. The van der Waals surface area contributed by atoms with E-state index < -0.39 is 0 Å². The number of ether oxygens (including phenoxy) is 2. The fraction of sp³-hybridized carbons (Fsp3) is 0.533. The Balaban J connectivity index is 2.43. The molecule has 1 aromatic carbocycles. The van der Waals surface area contributed by atoms with E-state index in [2.05, 4.69) is 5.32 Å². The molecule has 106 valence electrons. The molecule has 1 aromatic rings. The van der Waals surface area contributed by atoms with Crippen molar-refractivity contribution in [3.8, 4) is 5.75 Å². The molecule has 0 aliphatic rings. The molecule has 1 atom stereocenters. The van der Waals surface area contributed by atoms with Crippen LogP contribution in [0, 0.1) is 6.92 Å². The van der Waals surface area contributed by atoms with E-state index in [4.69, 9.17) is 9.47 Å². The average molecular weight is 265 g/mol. The van der Waals surface area contributed by atoms with Crippen LogP contribution in [0.1, 0.15) is 25.8 Å². The van der Waals surface area contributed by atoms with Crippen molar-refractivity contribution in [2.75, 3.05) is 13.7 Å².